The second kappa shape index (κ2) is 5.45. The average molecular weight is 293 g/mol. The molecule has 4 nitrogen and oxygen atoms in total. The third-order valence-electron chi connectivity index (χ3n) is 2.73. The van der Waals surface area contributed by atoms with Gasteiger partial charge in [-0.2, -0.15) is 0 Å². The van der Waals surface area contributed by atoms with E-state index < -0.39 is 17.2 Å². The fraction of sp³-hybridized carbons (Fsp3) is 0.417. The lowest BCUT2D eigenvalue weighted by molar-refractivity contribution is -0.177. The summed E-state index contributed by atoms with van der Waals surface area (Å²) in [5.74, 6) is -1.08. The van der Waals surface area contributed by atoms with Crippen molar-refractivity contribution in [2.24, 2.45) is 0 Å². The standard InChI is InChI=1S/C12H14Cl2O4/c1-11(16,7-13)12(2,17)10(15)18-9-5-3-8(14)4-6-9/h3-6,16-17H,7H2,1-2H3. The highest BCUT2D eigenvalue weighted by Gasteiger charge is 2.49. The summed E-state index contributed by atoms with van der Waals surface area (Å²) in [6.45, 7) is 2.40. The van der Waals surface area contributed by atoms with Crippen molar-refractivity contribution >= 4 is 29.2 Å². The molecular weight excluding hydrogens is 279 g/mol. The lowest BCUT2D eigenvalue weighted by Crippen LogP contribution is -2.58. The van der Waals surface area contributed by atoms with Gasteiger partial charge in [-0.3, -0.25) is 0 Å². The highest BCUT2D eigenvalue weighted by molar-refractivity contribution is 6.30. The third-order valence-corrected chi connectivity index (χ3v) is 3.50. The third kappa shape index (κ3) is 3.14. The Morgan fingerprint density at radius 3 is 2.22 bits per heavy atom. The van der Waals surface area contributed by atoms with Crippen molar-refractivity contribution in [3.8, 4) is 5.75 Å². The molecule has 2 unspecified atom stereocenters. The maximum absolute atomic E-state index is 11.8. The molecule has 0 saturated carbocycles. The van der Waals surface area contributed by atoms with Gasteiger partial charge in [0.15, 0.2) is 5.60 Å². The number of aliphatic hydroxyl groups is 2. The molecular formula is C12H14Cl2O4. The lowest BCUT2D eigenvalue weighted by atomic mass is 9.87. The van der Waals surface area contributed by atoms with Crippen LogP contribution in [0.2, 0.25) is 5.02 Å². The van der Waals surface area contributed by atoms with Gasteiger partial charge in [-0.05, 0) is 38.1 Å². The van der Waals surface area contributed by atoms with Gasteiger partial charge >= 0.3 is 5.97 Å². The number of alkyl halides is 1. The van der Waals surface area contributed by atoms with Gasteiger partial charge < -0.3 is 14.9 Å². The van der Waals surface area contributed by atoms with E-state index in [1.165, 1.54) is 19.1 Å². The Bertz CT molecular complexity index is 426. The molecule has 0 aliphatic rings. The van der Waals surface area contributed by atoms with Crippen LogP contribution in [0.15, 0.2) is 24.3 Å². The quantitative estimate of drug-likeness (QED) is 0.506. The number of esters is 1. The molecule has 2 atom stereocenters. The van der Waals surface area contributed by atoms with Crippen LogP contribution >= 0.6 is 23.2 Å². The number of carbonyl (C=O) groups excluding carboxylic acids is 1. The van der Waals surface area contributed by atoms with Crippen molar-refractivity contribution < 1.29 is 19.7 Å². The summed E-state index contributed by atoms with van der Waals surface area (Å²) in [7, 11) is 0. The minimum Gasteiger partial charge on any atom is -0.424 e. The van der Waals surface area contributed by atoms with E-state index >= 15 is 0 Å². The largest absolute Gasteiger partial charge is 0.424 e. The van der Waals surface area contributed by atoms with Gasteiger partial charge in [0, 0.05) is 5.02 Å². The maximum atomic E-state index is 11.8. The van der Waals surface area contributed by atoms with Gasteiger partial charge in [-0.15, -0.1) is 11.6 Å². The number of halogens is 2. The highest BCUT2D eigenvalue weighted by atomic mass is 35.5. The van der Waals surface area contributed by atoms with Crippen LogP contribution in [0.5, 0.6) is 5.75 Å². The SMILES string of the molecule is CC(O)(CCl)C(C)(O)C(=O)Oc1ccc(Cl)cc1. The first-order valence-corrected chi connectivity index (χ1v) is 6.10. The summed E-state index contributed by atoms with van der Waals surface area (Å²) >= 11 is 11.2. The molecule has 0 spiro atoms. The average Bonchev–Trinajstić information content (AvgIpc) is 2.31. The van der Waals surface area contributed by atoms with Crippen molar-refractivity contribution in [1.29, 1.82) is 0 Å². The Morgan fingerprint density at radius 2 is 1.78 bits per heavy atom. The molecule has 1 rings (SSSR count). The van der Waals surface area contributed by atoms with E-state index in [0.717, 1.165) is 6.92 Å². The first-order valence-electron chi connectivity index (χ1n) is 5.19. The number of benzene rings is 1. The predicted octanol–water partition coefficient (Wildman–Crippen LogP) is 1.99. The molecule has 0 aromatic heterocycles. The Morgan fingerprint density at radius 1 is 1.28 bits per heavy atom. The summed E-state index contributed by atoms with van der Waals surface area (Å²) in [6, 6.07) is 6.04. The van der Waals surface area contributed by atoms with Crippen LogP contribution in [-0.4, -0.2) is 33.3 Å². The lowest BCUT2D eigenvalue weighted by Gasteiger charge is -2.34. The van der Waals surface area contributed by atoms with Gasteiger partial charge in [-0.1, -0.05) is 11.6 Å². The molecule has 0 amide bonds. The molecule has 0 aliphatic heterocycles. The van der Waals surface area contributed by atoms with Crippen LogP contribution < -0.4 is 4.74 Å². The number of rotatable bonds is 4. The molecule has 0 heterocycles. The topological polar surface area (TPSA) is 66.8 Å². The molecule has 2 N–H and O–H groups in total. The van der Waals surface area contributed by atoms with Crippen LogP contribution in [0.25, 0.3) is 0 Å². The smallest absolute Gasteiger partial charge is 0.346 e. The minimum absolute atomic E-state index is 0.218. The van der Waals surface area contributed by atoms with Crippen molar-refractivity contribution in [1.82, 2.24) is 0 Å². The summed E-state index contributed by atoms with van der Waals surface area (Å²) in [6.07, 6.45) is 0. The van der Waals surface area contributed by atoms with Gasteiger partial charge in [0.2, 0.25) is 0 Å². The number of ether oxygens (including phenoxy) is 1. The summed E-state index contributed by atoms with van der Waals surface area (Å²) in [5.41, 5.74) is -3.91. The molecule has 0 aliphatic carbocycles. The van der Waals surface area contributed by atoms with Crippen LogP contribution in [0, 0.1) is 0 Å². The van der Waals surface area contributed by atoms with E-state index in [1.54, 1.807) is 12.1 Å². The second-order valence-electron chi connectivity index (χ2n) is 4.32. The fourth-order valence-electron chi connectivity index (χ4n) is 1.06. The normalized spacial score (nSPS) is 17.7. The molecule has 1 aromatic carbocycles. The van der Waals surface area contributed by atoms with E-state index in [4.69, 9.17) is 27.9 Å². The predicted molar refractivity (Wildman–Crippen MR) is 69.1 cm³/mol. The number of hydrogen-bond donors (Lipinski definition) is 2. The van der Waals surface area contributed by atoms with Crippen molar-refractivity contribution in [2.75, 3.05) is 5.88 Å². The first-order chi connectivity index (χ1) is 8.20. The second-order valence-corrected chi connectivity index (χ2v) is 5.03. The van der Waals surface area contributed by atoms with Crippen LogP contribution in [-0.2, 0) is 4.79 Å². The Hall–Kier alpha value is -0.810. The summed E-state index contributed by atoms with van der Waals surface area (Å²) in [5, 5.41) is 20.3. The van der Waals surface area contributed by atoms with Crippen LogP contribution in [0.3, 0.4) is 0 Å². The molecule has 6 heteroatoms. The van der Waals surface area contributed by atoms with Crippen molar-refractivity contribution in [3.05, 3.63) is 29.3 Å². The Balaban J connectivity index is 2.85. The molecule has 0 fully saturated rings. The number of hydrogen-bond acceptors (Lipinski definition) is 4. The Labute approximate surface area is 115 Å². The number of carbonyl (C=O) groups is 1. The van der Waals surface area contributed by atoms with Gasteiger partial charge in [0.1, 0.15) is 11.4 Å². The van der Waals surface area contributed by atoms with E-state index in [1.807, 2.05) is 0 Å². The molecule has 0 saturated heterocycles. The summed E-state index contributed by atoms with van der Waals surface area (Å²) < 4.78 is 4.96. The molecule has 18 heavy (non-hydrogen) atoms. The zero-order valence-corrected chi connectivity index (χ0v) is 11.5. The monoisotopic (exact) mass is 292 g/mol. The van der Waals surface area contributed by atoms with Gasteiger partial charge in [0.25, 0.3) is 0 Å². The fourth-order valence-corrected chi connectivity index (χ4v) is 1.45. The zero-order chi connectivity index (χ0) is 14.0. The highest BCUT2D eigenvalue weighted by Crippen LogP contribution is 2.26. The van der Waals surface area contributed by atoms with Crippen molar-refractivity contribution in [2.45, 2.75) is 25.0 Å². The van der Waals surface area contributed by atoms with E-state index in [-0.39, 0.29) is 11.6 Å². The molecule has 0 radical (unpaired) electrons. The molecule has 0 bridgehead atoms. The first kappa shape index (κ1) is 15.2. The Kier molecular flexibility index (Phi) is 4.61. The van der Waals surface area contributed by atoms with Crippen LogP contribution in [0.4, 0.5) is 0 Å². The molecule has 1 aromatic rings. The zero-order valence-electron chi connectivity index (χ0n) is 9.98. The van der Waals surface area contributed by atoms with Crippen LogP contribution in [0.1, 0.15) is 13.8 Å². The van der Waals surface area contributed by atoms with Gasteiger partial charge in [-0.25, -0.2) is 4.79 Å². The van der Waals surface area contributed by atoms with E-state index in [2.05, 4.69) is 0 Å². The van der Waals surface area contributed by atoms with Crippen molar-refractivity contribution in [3.63, 3.8) is 0 Å². The molecule has 100 valence electrons. The van der Waals surface area contributed by atoms with Gasteiger partial charge in [0.05, 0.1) is 5.88 Å². The maximum Gasteiger partial charge on any atom is 0.346 e. The van der Waals surface area contributed by atoms with E-state index in [0.29, 0.717) is 5.02 Å². The summed E-state index contributed by atoms with van der Waals surface area (Å²) in [4.78, 5) is 11.8. The van der Waals surface area contributed by atoms with E-state index in [9.17, 15) is 15.0 Å². The minimum atomic E-state index is -2.12.